The lowest BCUT2D eigenvalue weighted by atomic mass is 9.97. The molecule has 2 aromatic rings. The number of amides is 1. The fourth-order valence-corrected chi connectivity index (χ4v) is 4.82. The summed E-state index contributed by atoms with van der Waals surface area (Å²) in [6.45, 7) is 2.68. The summed E-state index contributed by atoms with van der Waals surface area (Å²) in [7, 11) is -3.52. The van der Waals surface area contributed by atoms with Gasteiger partial charge in [-0.2, -0.15) is 4.31 Å². The molecule has 1 aliphatic rings. The molecule has 0 atom stereocenters. The minimum Gasteiger partial charge on any atom is -0.396 e. The zero-order valence-corrected chi connectivity index (χ0v) is 16.8. The summed E-state index contributed by atoms with van der Waals surface area (Å²) in [5, 5.41) is 11.9. The number of nitrogens with one attached hydrogen (secondary N) is 1. The Morgan fingerprint density at radius 1 is 1.07 bits per heavy atom. The molecule has 0 bridgehead atoms. The number of sulfonamides is 1. The quantitative estimate of drug-likeness (QED) is 0.778. The van der Waals surface area contributed by atoms with Crippen molar-refractivity contribution in [1.82, 2.24) is 4.31 Å². The molecular weight excluding hydrogens is 376 g/mol. The summed E-state index contributed by atoms with van der Waals surface area (Å²) >= 11 is 0. The number of hydrogen-bond donors (Lipinski definition) is 2. The molecule has 1 fully saturated rings. The number of piperidine rings is 1. The number of rotatable bonds is 6. The Kier molecular flexibility index (Phi) is 6.49. The van der Waals surface area contributed by atoms with E-state index < -0.39 is 10.0 Å². The van der Waals surface area contributed by atoms with Gasteiger partial charge >= 0.3 is 0 Å². The highest BCUT2D eigenvalue weighted by atomic mass is 32.2. The maximum atomic E-state index is 12.8. The van der Waals surface area contributed by atoms with E-state index in [0.29, 0.717) is 42.9 Å². The van der Waals surface area contributed by atoms with Gasteiger partial charge in [0.2, 0.25) is 15.9 Å². The molecular formula is C21H26N2O4S. The van der Waals surface area contributed by atoms with E-state index in [1.54, 1.807) is 24.3 Å². The first kappa shape index (κ1) is 20.5. The van der Waals surface area contributed by atoms with Crippen molar-refractivity contribution in [3.63, 3.8) is 0 Å². The molecule has 0 saturated carbocycles. The van der Waals surface area contributed by atoms with E-state index in [1.807, 2.05) is 31.2 Å². The van der Waals surface area contributed by atoms with Crippen LogP contribution in [0.1, 0.15) is 24.0 Å². The van der Waals surface area contributed by atoms with Crippen molar-refractivity contribution >= 4 is 21.6 Å². The minimum absolute atomic E-state index is 0.0812. The highest BCUT2D eigenvalue weighted by Crippen LogP contribution is 2.25. The van der Waals surface area contributed by atoms with Gasteiger partial charge in [-0.1, -0.05) is 29.8 Å². The highest BCUT2D eigenvalue weighted by Gasteiger charge is 2.32. The summed E-state index contributed by atoms with van der Waals surface area (Å²) in [6.07, 6.45) is 1.58. The zero-order chi connectivity index (χ0) is 20.1. The van der Waals surface area contributed by atoms with Crippen LogP contribution in [0.5, 0.6) is 0 Å². The van der Waals surface area contributed by atoms with Crippen LogP contribution in [-0.2, 0) is 21.2 Å². The number of benzene rings is 2. The van der Waals surface area contributed by atoms with Crippen molar-refractivity contribution in [2.75, 3.05) is 25.0 Å². The average molecular weight is 403 g/mol. The summed E-state index contributed by atoms with van der Waals surface area (Å²) in [5.74, 6) is -0.288. The Morgan fingerprint density at radius 2 is 1.68 bits per heavy atom. The van der Waals surface area contributed by atoms with Gasteiger partial charge in [-0.15, -0.1) is 0 Å². The van der Waals surface area contributed by atoms with E-state index in [0.717, 1.165) is 11.1 Å². The smallest absolute Gasteiger partial charge is 0.243 e. The molecule has 3 rings (SSSR count). The van der Waals surface area contributed by atoms with Crippen LogP contribution < -0.4 is 5.32 Å². The van der Waals surface area contributed by atoms with Gasteiger partial charge in [0.1, 0.15) is 0 Å². The molecule has 0 aliphatic carbocycles. The van der Waals surface area contributed by atoms with E-state index >= 15 is 0 Å². The molecule has 1 amide bonds. The molecule has 0 spiro atoms. The SMILES string of the molecule is Cc1ccc(S(=O)(=O)N2CCC(C(=O)Nc3ccc(CCO)cc3)CC2)cc1. The van der Waals surface area contributed by atoms with E-state index in [1.165, 1.54) is 4.31 Å². The molecule has 2 aromatic carbocycles. The summed E-state index contributed by atoms with van der Waals surface area (Å²) in [6, 6.07) is 14.2. The van der Waals surface area contributed by atoms with Gasteiger partial charge in [-0.05, 0) is 56.0 Å². The van der Waals surface area contributed by atoms with Crippen molar-refractivity contribution in [3.05, 3.63) is 59.7 Å². The van der Waals surface area contributed by atoms with Crippen LogP contribution in [0.4, 0.5) is 5.69 Å². The van der Waals surface area contributed by atoms with E-state index in [4.69, 9.17) is 5.11 Å². The number of nitrogens with zero attached hydrogens (tertiary/aromatic N) is 1. The van der Waals surface area contributed by atoms with E-state index in [-0.39, 0.29) is 18.4 Å². The molecule has 150 valence electrons. The summed E-state index contributed by atoms with van der Waals surface area (Å²) < 4.78 is 27.0. The van der Waals surface area contributed by atoms with Gasteiger partial charge < -0.3 is 10.4 Å². The topological polar surface area (TPSA) is 86.7 Å². The van der Waals surface area contributed by atoms with Crippen molar-refractivity contribution in [3.8, 4) is 0 Å². The summed E-state index contributed by atoms with van der Waals surface area (Å²) in [5.41, 5.74) is 2.73. The lowest BCUT2D eigenvalue weighted by Crippen LogP contribution is -2.41. The second-order valence-electron chi connectivity index (χ2n) is 7.15. The van der Waals surface area contributed by atoms with Crippen molar-refractivity contribution < 1.29 is 18.3 Å². The molecule has 1 aliphatic heterocycles. The fraction of sp³-hybridized carbons (Fsp3) is 0.381. The lowest BCUT2D eigenvalue weighted by Gasteiger charge is -2.30. The first-order chi connectivity index (χ1) is 13.4. The fourth-order valence-electron chi connectivity index (χ4n) is 3.35. The van der Waals surface area contributed by atoms with Gasteiger partial charge in [-0.3, -0.25) is 4.79 Å². The van der Waals surface area contributed by atoms with Crippen LogP contribution in [0.15, 0.2) is 53.4 Å². The van der Waals surface area contributed by atoms with E-state index in [9.17, 15) is 13.2 Å². The number of aryl methyl sites for hydroxylation is 1. The number of carbonyl (C=O) groups is 1. The van der Waals surface area contributed by atoms with Crippen molar-refractivity contribution in [2.45, 2.75) is 31.1 Å². The predicted octanol–water partition coefficient (Wildman–Crippen LogP) is 2.57. The van der Waals surface area contributed by atoms with Gasteiger partial charge in [0.25, 0.3) is 0 Å². The van der Waals surface area contributed by atoms with Crippen LogP contribution in [0.2, 0.25) is 0 Å². The monoisotopic (exact) mass is 402 g/mol. The molecule has 1 heterocycles. The minimum atomic E-state index is -3.52. The molecule has 2 N–H and O–H groups in total. The third kappa shape index (κ3) is 4.79. The Bertz CT molecular complexity index is 900. The van der Waals surface area contributed by atoms with Gasteiger partial charge in [0.05, 0.1) is 4.90 Å². The average Bonchev–Trinajstić information content (AvgIpc) is 2.70. The second kappa shape index (κ2) is 8.86. The third-order valence-corrected chi connectivity index (χ3v) is 7.02. The Labute approximate surface area is 166 Å². The number of anilines is 1. The van der Waals surface area contributed by atoms with Crippen LogP contribution in [0.25, 0.3) is 0 Å². The lowest BCUT2D eigenvalue weighted by molar-refractivity contribution is -0.120. The van der Waals surface area contributed by atoms with Crippen LogP contribution in [0.3, 0.4) is 0 Å². The molecule has 0 unspecified atom stereocenters. The Balaban J connectivity index is 1.57. The number of aliphatic hydroxyl groups excluding tert-OH is 1. The molecule has 0 aromatic heterocycles. The predicted molar refractivity (Wildman–Crippen MR) is 109 cm³/mol. The van der Waals surface area contributed by atoms with Crippen LogP contribution >= 0.6 is 0 Å². The number of aliphatic hydroxyl groups is 1. The van der Waals surface area contributed by atoms with Gasteiger partial charge in [0, 0.05) is 31.3 Å². The first-order valence-electron chi connectivity index (χ1n) is 9.47. The maximum absolute atomic E-state index is 12.8. The standard InChI is InChI=1S/C21H26N2O4S/c1-16-2-8-20(9-3-16)28(26,27)23-13-10-18(11-14-23)21(25)22-19-6-4-17(5-7-19)12-15-24/h2-9,18,24H,10-15H2,1H3,(H,22,25). The molecule has 0 radical (unpaired) electrons. The highest BCUT2D eigenvalue weighted by molar-refractivity contribution is 7.89. The van der Waals surface area contributed by atoms with Crippen LogP contribution in [0, 0.1) is 12.8 Å². The molecule has 6 nitrogen and oxygen atoms in total. The maximum Gasteiger partial charge on any atom is 0.243 e. The van der Waals surface area contributed by atoms with Gasteiger partial charge in [0.15, 0.2) is 0 Å². The summed E-state index contributed by atoms with van der Waals surface area (Å²) in [4.78, 5) is 12.8. The van der Waals surface area contributed by atoms with E-state index in [2.05, 4.69) is 5.32 Å². The normalized spacial score (nSPS) is 16.1. The third-order valence-electron chi connectivity index (χ3n) is 5.11. The second-order valence-corrected chi connectivity index (χ2v) is 9.09. The Morgan fingerprint density at radius 3 is 2.25 bits per heavy atom. The zero-order valence-electron chi connectivity index (χ0n) is 16.0. The van der Waals surface area contributed by atoms with Gasteiger partial charge in [-0.25, -0.2) is 8.42 Å². The number of hydrogen-bond acceptors (Lipinski definition) is 4. The Hall–Kier alpha value is -2.22. The molecule has 28 heavy (non-hydrogen) atoms. The first-order valence-corrected chi connectivity index (χ1v) is 10.9. The van der Waals surface area contributed by atoms with Crippen molar-refractivity contribution in [2.24, 2.45) is 5.92 Å². The molecule has 1 saturated heterocycles. The largest absolute Gasteiger partial charge is 0.396 e. The van der Waals surface area contributed by atoms with Crippen molar-refractivity contribution in [1.29, 1.82) is 0 Å². The molecule has 7 heteroatoms. The number of carbonyl (C=O) groups excluding carboxylic acids is 1. The van der Waals surface area contributed by atoms with Crippen LogP contribution in [-0.4, -0.2) is 43.4 Å².